The first-order valence-electron chi connectivity index (χ1n) is 5.18. The van der Waals surface area contributed by atoms with E-state index >= 15 is 0 Å². The average Bonchev–Trinajstić information content (AvgIpc) is 3.11. The number of carbonyl (C=O) groups excluding carboxylic acids is 1. The number of hydrogen-bond donors (Lipinski definition) is 1. The minimum absolute atomic E-state index is 0.157. The summed E-state index contributed by atoms with van der Waals surface area (Å²) < 4.78 is 0. The number of rotatable bonds is 3. The van der Waals surface area contributed by atoms with E-state index in [-0.39, 0.29) is 5.91 Å². The fraction of sp³-hybridized carbons (Fsp3) is 0.417. The molecule has 0 radical (unpaired) electrons. The molecule has 1 atom stereocenters. The molecule has 1 aliphatic rings. The smallest absolute Gasteiger partial charge is 0.242 e. The molecule has 0 aliphatic heterocycles. The van der Waals surface area contributed by atoms with E-state index in [9.17, 15) is 4.79 Å². The van der Waals surface area contributed by atoms with E-state index in [1.54, 1.807) is 7.05 Å². The van der Waals surface area contributed by atoms with Gasteiger partial charge in [-0.25, -0.2) is 0 Å². The Morgan fingerprint density at radius 2 is 2.00 bits per heavy atom. The van der Waals surface area contributed by atoms with Gasteiger partial charge in [0.15, 0.2) is 0 Å². The van der Waals surface area contributed by atoms with Crippen molar-refractivity contribution in [1.82, 2.24) is 5.32 Å². The fourth-order valence-electron chi connectivity index (χ4n) is 1.63. The molecule has 0 saturated heterocycles. The third-order valence-corrected chi connectivity index (χ3v) is 3.20. The Morgan fingerprint density at radius 1 is 1.40 bits per heavy atom. The van der Waals surface area contributed by atoms with Gasteiger partial charge in [-0.2, -0.15) is 0 Å². The molecule has 1 saturated carbocycles. The van der Waals surface area contributed by atoms with Crippen molar-refractivity contribution in [1.29, 1.82) is 0 Å². The Balaban J connectivity index is 2.11. The number of likely N-dealkylation sites (N-methyl/N-ethyl adjacent to an activating group) is 1. The zero-order valence-corrected chi connectivity index (χ0v) is 9.42. The van der Waals surface area contributed by atoms with Gasteiger partial charge in [0, 0.05) is 7.05 Å². The van der Waals surface area contributed by atoms with Crippen molar-refractivity contribution in [3.05, 3.63) is 35.4 Å². The van der Waals surface area contributed by atoms with E-state index in [4.69, 9.17) is 11.6 Å². The first kappa shape index (κ1) is 10.5. The van der Waals surface area contributed by atoms with Gasteiger partial charge in [0.1, 0.15) is 5.38 Å². The first-order valence-corrected chi connectivity index (χ1v) is 5.61. The van der Waals surface area contributed by atoms with Crippen molar-refractivity contribution < 1.29 is 4.79 Å². The zero-order valence-electron chi connectivity index (χ0n) is 8.66. The molecule has 1 aliphatic carbocycles. The molecular weight excluding hydrogens is 210 g/mol. The second-order valence-electron chi connectivity index (χ2n) is 3.92. The lowest BCUT2D eigenvalue weighted by atomic mass is 10.1. The average molecular weight is 224 g/mol. The van der Waals surface area contributed by atoms with Gasteiger partial charge in [0.25, 0.3) is 0 Å². The van der Waals surface area contributed by atoms with Crippen molar-refractivity contribution in [3.63, 3.8) is 0 Å². The van der Waals surface area contributed by atoms with E-state index in [0.717, 1.165) is 11.5 Å². The molecule has 80 valence electrons. The number of carbonyl (C=O) groups is 1. The molecule has 0 bridgehead atoms. The maximum Gasteiger partial charge on any atom is 0.242 e. The minimum atomic E-state index is -0.580. The van der Waals surface area contributed by atoms with E-state index < -0.39 is 5.38 Å². The van der Waals surface area contributed by atoms with Crippen molar-refractivity contribution >= 4 is 17.5 Å². The molecule has 0 spiro atoms. The van der Waals surface area contributed by atoms with Crippen LogP contribution in [0.5, 0.6) is 0 Å². The highest BCUT2D eigenvalue weighted by atomic mass is 35.5. The van der Waals surface area contributed by atoms with E-state index in [2.05, 4.69) is 17.4 Å². The normalized spacial score (nSPS) is 17.2. The fourth-order valence-corrected chi connectivity index (χ4v) is 1.89. The van der Waals surface area contributed by atoms with Crippen molar-refractivity contribution in [3.8, 4) is 0 Å². The molecule has 1 fully saturated rings. The van der Waals surface area contributed by atoms with Crippen LogP contribution in [0.4, 0.5) is 0 Å². The maximum atomic E-state index is 11.3. The molecular formula is C12H14ClNO. The van der Waals surface area contributed by atoms with Crippen LogP contribution in [-0.2, 0) is 4.79 Å². The third-order valence-electron chi connectivity index (χ3n) is 2.75. The summed E-state index contributed by atoms with van der Waals surface area (Å²) in [5.74, 6) is 0.587. The molecule has 15 heavy (non-hydrogen) atoms. The Morgan fingerprint density at radius 3 is 2.47 bits per heavy atom. The molecule has 1 aromatic carbocycles. The summed E-state index contributed by atoms with van der Waals surface area (Å²) >= 11 is 5.99. The number of amides is 1. The number of halogens is 1. The van der Waals surface area contributed by atoms with Gasteiger partial charge in [-0.3, -0.25) is 4.79 Å². The van der Waals surface area contributed by atoms with Crippen LogP contribution >= 0.6 is 11.6 Å². The highest BCUT2D eigenvalue weighted by Gasteiger charge is 2.23. The summed E-state index contributed by atoms with van der Waals surface area (Å²) in [6.07, 6.45) is 2.58. The monoisotopic (exact) mass is 223 g/mol. The summed E-state index contributed by atoms with van der Waals surface area (Å²) in [4.78, 5) is 11.3. The van der Waals surface area contributed by atoms with Crippen molar-refractivity contribution in [2.45, 2.75) is 24.1 Å². The minimum Gasteiger partial charge on any atom is -0.358 e. The largest absolute Gasteiger partial charge is 0.358 e. The van der Waals surface area contributed by atoms with Gasteiger partial charge in [-0.15, -0.1) is 11.6 Å². The van der Waals surface area contributed by atoms with Crippen LogP contribution in [0.1, 0.15) is 35.3 Å². The second-order valence-corrected chi connectivity index (χ2v) is 4.35. The van der Waals surface area contributed by atoms with Gasteiger partial charge >= 0.3 is 0 Å². The second kappa shape index (κ2) is 4.23. The lowest BCUT2D eigenvalue weighted by Gasteiger charge is -2.08. The predicted molar refractivity (Wildman–Crippen MR) is 61.1 cm³/mol. The molecule has 3 heteroatoms. The quantitative estimate of drug-likeness (QED) is 0.785. The van der Waals surface area contributed by atoms with Gasteiger partial charge in [-0.1, -0.05) is 24.3 Å². The topological polar surface area (TPSA) is 29.1 Å². The Kier molecular flexibility index (Phi) is 2.96. The molecule has 0 aromatic heterocycles. The molecule has 2 nitrogen and oxygen atoms in total. The SMILES string of the molecule is CNC(=O)C(Cl)c1ccc(C2CC2)cc1. The third kappa shape index (κ3) is 2.32. The van der Waals surface area contributed by atoms with Gasteiger partial charge in [0.05, 0.1) is 0 Å². The number of nitrogens with one attached hydrogen (secondary N) is 1. The summed E-state index contributed by atoms with van der Waals surface area (Å²) in [6.45, 7) is 0. The lowest BCUT2D eigenvalue weighted by Crippen LogP contribution is -2.22. The van der Waals surface area contributed by atoms with Crippen LogP contribution in [0.3, 0.4) is 0 Å². The van der Waals surface area contributed by atoms with Crippen LogP contribution in [0.25, 0.3) is 0 Å². The van der Waals surface area contributed by atoms with E-state index in [1.165, 1.54) is 18.4 Å². The first-order chi connectivity index (χ1) is 7.22. The van der Waals surface area contributed by atoms with E-state index in [0.29, 0.717) is 0 Å². The Bertz CT molecular complexity index is 356. The molecule has 1 unspecified atom stereocenters. The summed E-state index contributed by atoms with van der Waals surface area (Å²) in [6, 6.07) is 8.04. The predicted octanol–water partition coefficient (Wildman–Crippen LogP) is 2.59. The summed E-state index contributed by atoms with van der Waals surface area (Å²) in [5.41, 5.74) is 2.22. The molecule has 0 heterocycles. The highest BCUT2D eigenvalue weighted by molar-refractivity contribution is 6.30. The van der Waals surface area contributed by atoms with Gasteiger partial charge in [-0.05, 0) is 29.9 Å². The molecule has 2 rings (SSSR count). The van der Waals surface area contributed by atoms with Crippen LogP contribution in [0.2, 0.25) is 0 Å². The van der Waals surface area contributed by atoms with Crippen molar-refractivity contribution in [2.75, 3.05) is 7.05 Å². The Hall–Kier alpha value is -1.02. The van der Waals surface area contributed by atoms with Crippen LogP contribution < -0.4 is 5.32 Å². The number of alkyl halides is 1. The van der Waals surface area contributed by atoms with Crippen LogP contribution in [0, 0.1) is 0 Å². The van der Waals surface area contributed by atoms with Gasteiger partial charge in [0.2, 0.25) is 5.91 Å². The van der Waals surface area contributed by atoms with Crippen molar-refractivity contribution in [2.24, 2.45) is 0 Å². The maximum absolute atomic E-state index is 11.3. The molecule has 1 N–H and O–H groups in total. The zero-order chi connectivity index (χ0) is 10.8. The standard InChI is InChI=1S/C12H14ClNO/c1-14-12(15)11(13)10-6-4-9(5-7-10)8-2-3-8/h4-8,11H,2-3H2,1H3,(H,14,15). The molecule has 1 amide bonds. The number of hydrogen-bond acceptors (Lipinski definition) is 1. The number of benzene rings is 1. The van der Waals surface area contributed by atoms with Crippen LogP contribution in [-0.4, -0.2) is 13.0 Å². The molecule has 1 aromatic rings. The summed E-state index contributed by atoms with van der Waals surface area (Å²) in [7, 11) is 1.59. The van der Waals surface area contributed by atoms with Crippen LogP contribution in [0.15, 0.2) is 24.3 Å². The Labute approximate surface area is 94.6 Å². The summed E-state index contributed by atoms with van der Waals surface area (Å²) in [5, 5.41) is 1.96. The highest BCUT2D eigenvalue weighted by Crippen LogP contribution is 2.40. The van der Waals surface area contributed by atoms with Gasteiger partial charge < -0.3 is 5.32 Å². The lowest BCUT2D eigenvalue weighted by molar-refractivity contribution is -0.120. The van der Waals surface area contributed by atoms with E-state index in [1.807, 2.05) is 12.1 Å².